The van der Waals surface area contributed by atoms with Crippen molar-refractivity contribution in [2.45, 2.75) is 33.2 Å². The molecule has 1 aromatic heterocycles. The van der Waals surface area contributed by atoms with Crippen LogP contribution in [-0.2, 0) is 6.42 Å². The summed E-state index contributed by atoms with van der Waals surface area (Å²) in [5, 5.41) is 3.19. The summed E-state index contributed by atoms with van der Waals surface area (Å²) in [5.41, 5.74) is 11.1. The second kappa shape index (κ2) is 4.98. The van der Waals surface area contributed by atoms with Crippen molar-refractivity contribution in [3.63, 3.8) is 0 Å². The number of rotatable bonds is 3. The van der Waals surface area contributed by atoms with Gasteiger partial charge in [-0.05, 0) is 26.3 Å². The minimum absolute atomic E-state index is 0.0409. The van der Waals surface area contributed by atoms with Gasteiger partial charge in [0.05, 0.1) is 5.01 Å². The van der Waals surface area contributed by atoms with Gasteiger partial charge in [0.15, 0.2) is 0 Å². The van der Waals surface area contributed by atoms with Crippen LogP contribution in [0.25, 0.3) is 0 Å². The number of hydrogen-bond donors (Lipinski definition) is 1. The van der Waals surface area contributed by atoms with E-state index in [0.29, 0.717) is 0 Å². The SMILES string of the molecule is Cc1cc(C)cc(C(N)Cc2nc(C)cs2)c1. The maximum absolute atomic E-state index is 6.24. The summed E-state index contributed by atoms with van der Waals surface area (Å²) in [6, 6.07) is 6.54. The molecule has 0 aliphatic carbocycles. The van der Waals surface area contributed by atoms with Crippen LogP contribution in [0.2, 0.25) is 0 Å². The second-order valence-electron chi connectivity index (χ2n) is 4.61. The molecule has 3 heteroatoms. The zero-order chi connectivity index (χ0) is 12.4. The Morgan fingerprint density at radius 3 is 2.35 bits per heavy atom. The number of aromatic nitrogens is 1. The fourth-order valence-corrected chi connectivity index (χ4v) is 2.86. The molecule has 0 amide bonds. The number of nitrogens with zero attached hydrogens (tertiary/aromatic N) is 1. The van der Waals surface area contributed by atoms with Crippen molar-refractivity contribution in [3.05, 3.63) is 51.0 Å². The van der Waals surface area contributed by atoms with Gasteiger partial charge in [0.2, 0.25) is 0 Å². The Morgan fingerprint density at radius 1 is 1.18 bits per heavy atom. The molecular weight excluding hydrogens is 228 g/mol. The lowest BCUT2D eigenvalue weighted by atomic mass is 10.00. The van der Waals surface area contributed by atoms with E-state index in [9.17, 15) is 0 Å². The predicted octanol–water partition coefficient (Wildman–Crippen LogP) is 3.31. The Labute approximate surface area is 107 Å². The quantitative estimate of drug-likeness (QED) is 0.902. The monoisotopic (exact) mass is 246 g/mol. The molecule has 0 aliphatic rings. The zero-order valence-corrected chi connectivity index (χ0v) is 11.3. The summed E-state index contributed by atoms with van der Waals surface area (Å²) >= 11 is 1.69. The molecule has 90 valence electrons. The van der Waals surface area contributed by atoms with E-state index >= 15 is 0 Å². The molecule has 2 aromatic rings. The first kappa shape index (κ1) is 12.3. The van der Waals surface area contributed by atoms with Crippen LogP contribution in [0.15, 0.2) is 23.6 Å². The molecule has 0 saturated carbocycles. The van der Waals surface area contributed by atoms with Gasteiger partial charge in [-0.1, -0.05) is 29.3 Å². The summed E-state index contributed by atoms with van der Waals surface area (Å²) in [7, 11) is 0. The molecule has 0 spiro atoms. The largest absolute Gasteiger partial charge is 0.324 e. The predicted molar refractivity (Wildman–Crippen MR) is 73.4 cm³/mol. The molecule has 1 heterocycles. The molecule has 1 unspecified atom stereocenters. The first-order valence-electron chi connectivity index (χ1n) is 5.79. The van der Waals surface area contributed by atoms with Gasteiger partial charge in [-0.2, -0.15) is 0 Å². The van der Waals surface area contributed by atoms with Crippen molar-refractivity contribution in [2.24, 2.45) is 5.73 Å². The van der Waals surface area contributed by atoms with Crippen LogP contribution in [-0.4, -0.2) is 4.98 Å². The Balaban J connectivity index is 2.16. The van der Waals surface area contributed by atoms with E-state index in [1.807, 2.05) is 6.92 Å². The van der Waals surface area contributed by atoms with E-state index in [2.05, 4.69) is 42.4 Å². The highest BCUT2D eigenvalue weighted by Crippen LogP contribution is 2.20. The van der Waals surface area contributed by atoms with E-state index in [-0.39, 0.29) is 6.04 Å². The van der Waals surface area contributed by atoms with Crippen molar-refractivity contribution in [3.8, 4) is 0 Å². The lowest BCUT2D eigenvalue weighted by molar-refractivity contribution is 0.715. The Morgan fingerprint density at radius 2 is 1.82 bits per heavy atom. The molecular formula is C14H18N2S. The van der Waals surface area contributed by atoms with Gasteiger partial charge < -0.3 is 5.73 Å². The van der Waals surface area contributed by atoms with Crippen LogP contribution in [0.4, 0.5) is 0 Å². The van der Waals surface area contributed by atoms with E-state index in [1.54, 1.807) is 11.3 Å². The highest BCUT2D eigenvalue weighted by atomic mass is 32.1. The summed E-state index contributed by atoms with van der Waals surface area (Å²) in [4.78, 5) is 4.46. The van der Waals surface area contributed by atoms with E-state index in [0.717, 1.165) is 17.1 Å². The second-order valence-corrected chi connectivity index (χ2v) is 5.56. The maximum atomic E-state index is 6.24. The molecule has 2 nitrogen and oxygen atoms in total. The summed E-state index contributed by atoms with van der Waals surface area (Å²) in [6.07, 6.45) is 0.821. The van der Waals surface area contributed by atoms with Gasteiger partial charge in [-0.15, -0.1) is 11.3 Å². The van der Waals surface area contributed by atoms with E-state index in [1.165, 1.54) is 16.7 Å². The molecule has 1 aromatic carbocycles. The van der Waals surface area contributed by atoms with Crippen LogP contribution in [0.1, 0.15) is 33.4 Å². The molecule has 17 heavy (non-hydrogen) atoms. The summed E-state index contributed by atoms with van der Waals surface area (Å²) < 4.78 is 0. The minimum Gasteiger partial charge on any atom is -0.324 e. The number of benzene rings is 1. The third kappa shape index (κ3) is 3.14. The smallest absolute Gasteiger partial charge is 0.0947 e. The third-order valence-electron chi connectivity index (χ3n) is 2.73. The topological polar surface area (TPSA) is 38.9 Å². The highest BCUT2D eigenvalue weighted by molar-refractivity contribution is 7.09. The van der Waals surface area contributed by atoms with Crippen molar-refractivity contribution in [1.29, 1.82) is 0 Å². The summed E-state index contributed by atoms with van der Waals surface area (Å²) in [5.74, 6) is 0. The molecule has 2 N–H and O–H groups in total. The van der Waals surface area contributed by atoms with Crippen LogP contribution in [0.3, 0.4) is 0 Å². The first-order valence-corrected chi connectivity index (χ1v) is 6.67. The number of thiazole rings is 1. The zero-order valence-electron chi connectivity index (χ0n) is 10.5. The first-order chi connectivity index (χ1) is 8.04. The van der Waals surface area contributed by atoms with Crippen molar-refractivity contribution < 1.29 is 0 Å². The molecule has 0 fully saturated rings. The minimum atomic E-state index is 0.0409. The standard InChI is InChI=1S/C14H18N2S/c1-9-4-10(2)6-12(5-9)13(15)7-14-16-11(3)8-17-14/h4-6,8,13H,7,15H2,1-3H3. The number of nitrogens with two attached hydrogens (primary N) is 1. The molecule has 1 atom stereocenters. The van der Waals surface area contributed by atoms with Gasteiger partial charge >= 0.3 is 0 Å². The van der Waals surface area contributed by atoms with Crippen LogP contribution in [0.5, 0.6) is 0 Å². The third-order valence-corrected chi connectivity index (χ3v) is 3.72. The maximum Gasteiger partial charge on any atom is 0.0947 e. The Hall–Kier alpha value is -1.19. The van der Waals surface area contributed by atoms with E-state index in [4.69, 9.17) is 5.73 Å². The van der Waals surface area contributed by atoms with Crippen LogP contribution < -0.4 is 5.73 Å². The van der Waals surface area contributed by atoms with Gasteiger partial charge in [0, 0.05) is 23.5 Å². The summed E-state index contributed by atoms with van der Waals surface area (Å²) in [6.45, 7) is 6.23. The Bertz CT molecular complexity index is 496. The lowest BCUT2D eigenvalue weighted by Crippen LogP contribution is -2.13. The Kier molecular flexibility index (Phi) is 3.60. The fourth-order valence-electron chi connectivity index (χ4n) is 2.03. The van der Waals surface area contributed by atoms with Crippen molar-refractivity contribution in [1.82, 2.24) is 4.98 Å². The normalized spacial score (nSPS) is 12.7. The molecule has 0 radical (unpaired) electrons. The van der Waals surface area contributed by atoms with Gasteiger partial charge in [-0.25, -0.2) is 4.98 Å². The molecule has 0 aliphatic heterocycles. The molecule has 0 saturated heterocycles. The highest BCUT2D eigenvalue weighted by Gasteiger charge is 2.10. The average Bonchev–Trinajstić information content (AvgIpc) is 2.62. The molecule has 0 bridgehead atoms. The molecule has 2 rings (SSSR count). The van der Waals surface area contributed by atoms with Crippen molar-refractivity contribution >= 4 is 11.3 Å². The lowest BCUT2D eigenvalue weighted by Gasteiger charge is -2.12. The average molecular weight is 246 g/mol. The van der Waals surface area contributed by atoms with Crippen LogP contribution >= 0.6 is 11.3 Å². The van der Waals surface area contributed by atoms with Crippen LogP contribution in [0, 0.1) is 20.8 Å². The number of hydrogen-bond acceptors (Lipinski definition) is 3. The van der Waals surface area contributed by atoms with Gasteiger partial charge in [-0.3, -0.25) is 0 Å². The fraction of sp³-hybridized carbons (Fsp3) is 0.357. The van der Waals surface area contributed by atoms with Gasteiger partial charge in [0.25, 0.3) is 0 Å². The van der Waals surface area contributed by atoms with Crippen molar-refractivity contribution in [2.75, 3.05) is 0 Å². The van der Waals surface area contributed by atoms with Gasteiger partial charge in [0.1, 0.15) is 0 Å². The number of aryl methyl sites for hydroxylation is 3. The van der Waals surface area contributed by atoms with E-state index < -0.39 is 0 Å².